The molecule has 0 saturated carbocycles. The first kappa shape index (κ1) is 17.8. The normalized spacial score (nSPS) is 10.3. The third kappa shape index (κ3) is 4.25. The van der Waals surface area contributed by atoms with E-state index in [1.807, 2.05) is 32.0 Å². The molecule has 0 aliphatic carbocycles. The smallest absolute Gasteiger partial charge is 0.262 e. The van der Waals surface area contributed by atoms with Crippen molar-refractivity contribution in [3.05, 3.63) is 53.3 Å². The van der Waals surface area contributed by atoms with E-state index in [1.54, 1.807) is 6.07 Å². The minimum absolute atomic E-state index is 0.135. The Balaban J connectivity index is 2.03. The fourth-order valence-electron chi connectivity index (χ4n) is 2.46. The van der Waals surface area contributed by atoms with Crippen molar-refractivity contribution >= 4 is 11.6 Å². The molecule has 24 heavy (non-hydrogen) atoms. The van der Waals surface area contributed by atoms with E-state index in [2.05, 4.69) is 5.32 Å². The standard InChI is InChI=1S/C19H22FNO3/c1-4-13-7-6-8-14(5-2)19(13)21-18(22)12-24-15-9-10-17(23-3)16(20)11-15/h6-11H,4-5,12H2,1-3H3,(H,21,22). The van der Waals surface area contributed by atoms with Gasteiger partial charge in [-0.1, -0.05) is 32.0 Å². The van der Waals surface area contributed by atoms with E-state index in [1.165, 1.54) is 19.2 Å². The number of amides is 1. The molecule has 0 spiro atoms. The zero-order valence-electron chi connectivity index (χ0n) is 14.2. The fraction of sp³-hybridized carbons (Fsp3) is 0.316. The lowest BCUT2D eigenvalue weighted by Crippen LogP contribution is -2.21. The second kappa shape index (κ2) is 8.34. The van der Waals surface area contributed by atoms with Gasteiger partial charge >= 0.3 is 0 Å². The van der Waals surface area contributed by atoms with Crippen molar-refractivity contribution in [2.24, 2.45) is 0 Å². The van der Waals surface area contributed by atoms with Gasteiger partial charge in [-0.05, 0) is 36.1 Å². The van der Waals surface area contributed by atoms with Crippen molar-refractivity contribution in [1.29, 1.82) is 0 Å². The second-order valence-electron chi connectivity index (χ2n) is 5.29. The molecular weight excluding hydrogens is 309 g/mol. The maximum Gasteiger partial charge on any atom is 0.262 e. The second-order valence-corrected chi connectivity index (χ2v) is 5.29. The highest BCUT2D eigenvalue weighted by molar-refractivity contribution is 5.93. The molecule has 2 aromatic rings. The van der Waals surface area contributed by atoms with Crippen molar-refractivity contribution in [1.82, 2.24) is 0 Å². The zero-order valence-corrected chi connectivity index (χ0v) is 14.2. The predicted molar refractivity (Wildman–Crippen MR) is 92.3 cm³/mol. The third-order valence-corrected chi connectivity index (χ3v) is 3.76. The number of para-hydroxylation sites is 1. The van der Waals surface area contributed by atoms with E-state index < -0.39 is 5.82 Å². The maximum absolute atomic E-state index is 13.6. The van der Waals surface area contributed by atoms with Crippen molar-refractivity contribution in [2.45, 2.75) is 26.7 Å². The number of anilines is 1. The number of halogens is 1. The summed E-state index contributed by atoms with van der Waals surface area (Å²) < 4.78 is 23.8. The van der Waals surface area contributed by atoms with E-state index >= 15 is 0 Å². The Morgan fingerprint density at radius 1 is 1.12 bits per heavy atom. The molecule has 0 fully saturated rings. The van der Waals surface area contributed by atoms with Gasteiger partial charge in [-0.15, -0.1) is 0 Å². The Morgan fingerprint density at radius 3 is 2.33 bits per heavy atom. The topological polar surface area (TPSA) is 47.6 Å². The summed E-state index contributed by atoms with van der Waals surface area (Å²) >= 11 is 0. The number of nitrogens with one attached hydrogen (secondary N) is 1. The number of methoxy groups -OCH3 is 1. The number of benzene rings is 2. The summed E-state index contributed by atoms with van der Waals surface area (Å²) in [6.45, 7) is 3.90. The molecule has 128 valence electrons. The van der Waals surface area contributed by atoms with Crippen LogP contribution in [-0.2, 0) is 17.6 Å². The fourth-order valence-corrected chi connectivity index (χ4v) is 2.46. The highest BCUT2D eigenvalue weighted by atomic mass is 19.1. The van der Waals surface area contributed by atoms with Crippen molar-refractivity contribution in [2.75, 3.05) is 19.0 Å². The number of carbonyl (C=O) groups excluding carboxylic acids is 1. The van der Waals surface area contributed by atoms with E-state index in [9.17, 15) is 9.18 Å². The molecular formula is C19H22FNO3. The maximum atomic E-state index is 13.6. The van der Waals surface area contributed by atoms with Crippen LogP contribution in [0, 0.1) is 5.82 Å². The van der Waals surface area contributed by atoms with Crippen LogP contribution in [0.1, 0.15) is 25.0 Å². The molecule has 0 aliphatic rings. The van der Waals surface area contributed by atoms with E-state index in [-0.39, 0.29) is 24.0 Å². The number of hydrogen-bond donors (Lipinski definition) is 1. The summed E-state index contributed by atoms with van der Waals surface area (Å²) in [6.07, 6.45) is 1.65. The van der Waals surface area contributed by atoms with Crippen LogP contribution < -0.4 is 14.8 Å². The Bertz CT molecular complexity index is 694. The molecule has 0 atom stereocenters. The van der Waals surface area contributed by atoms with Gasteiger partial charge in [0.25, 0.3) is 5.91 Å². The molecule has 0 saturated heterocycles. The molecule has 0 unspecified atom stereocenters. The molecule has 0 heterocycles. The number of carbonyl (C=O) groups is 1. The molecule has 0 aromatic heterocycles. The lowest BCUT2D eigenvalue weighted by Gasteiger charge is -2.15. The summed E-state index contributed by atoms with van der Waals surface area (Å²) in [6, 6.07) is 10.2. The highest BCUT2D eigenvalue weighted by Gasteiger charge is 2.11. The molecule has 5 heteroatoms. The first-order valence-electron chi connectivity index (χ1n) is 7.96. The van der Waals surface area contributed by atoms with Crippen molar-refractivity contribution in [3.63, 3.8) is 0 Å². The van der Waals surface area contributed by atoms with E-state index in [0.29, 0.717) is 0 Å². The summed E-state index contributed by atoms with van der Waals surface area (Å²) in [5.74, 6) is -0.388. The molecule has 0 aliphatic heterocycles. The minimum Gasteiger partial charge on any atom is -0.494 e. The number of ether oxygens (including phenoxy) is 2. The molecule has 0 bridgehead atoms. The van der Waals surface area contributed by atoms with Crippen LogP contribution in [0.4, 0.5) is 10.1 Å². The van der Waals surface area contributed by atoms with Crippen LogP contribution >= 0.6 is 0 Å². The Hall–Kier alpha value is -2.56. The molecule has 1 N–H and O–H groups in total. The number of aryl methyl sites for hydroxylation is 2. The molecule has 4 nitrogen and oxygen atoms in total. The average Bonchev–Trinajstić information content (AvgIpc) is 2.60. The monoisotopic (exact) mass is 331 g/mol. The van der Waals surface area contributed by atoms with Crippen molar-refractivity contribution < 1.29 is 18.7 Å². The lowest BCUT2D eigenvalue weighted by atomic mass is 10.0. The lowest BCUT2D eigenvalue weighted by molar-refractivity contribution is -0.118. The van der Waals surface area contributed by atoms with Crippen LogP contribution in [0.5, 0.6) is 11.5 Å². The highest BCUT2D eigenvalue weighted by Crippen LogP contribution is 2.24. The summed E-state index contributed by atoms with van der Waals surface area (Å²) in [7, 11) is 1.39. The van der Waals surface area contributed by atoms with Gasteiger partial charge in [0.1, 0.15) is 5.75 Å². The number of rotatable bonds is 7. The quantitative estimate of drug-likeness (QED) is 0.835. The Kier molecular flexibility index (Phi) is 6.18. The zero-order chi connectivity index (χ0) is 17.5. The van der Waals surface area contributed by atoms with E-state index in [0.717, 1.165) is 29.7 Å². The summed E-state index contributed by atoms with van der Waals surface area (Å²) in [5, 5.41) is 2.91. The molecule has 1 amide bonds. The van der Waals surface area contributed by atoms with Gasteiger partial charge in [-0.2, -0.15) is 0 Å². The average molecular weight is 331 g/mol. The molecule has 2 rings (SSSR count). The van der Waals surface area contributed by atoms with Gasteiger partial charge in [0.15, 0.2) is 18.2 Å². The Labute approximate surface area is 141 Å². The third-order valence-electron chi connectivity index (χ3n) is 3.76. The van der Waals surface area contributed by atoms with Crippen LogP contribution in [0.25, 0.3) is 0 Å². The van der Waals surface area contributed by atoms with Gasteiger partial charge < -0.3 is 14.8 Å². The molecule has 0 radical (unpaired) electrons. The summed E-state index contributed by atoms with van der Waals surface area (Å²) in [5.41, 5.74) is 3.01. The first-order valence-corrected chi connectivity index (χ1v) is 7.96. The number of hydrogen-bond acceptors (Lipinski definition) is 3. The summed E-state index contributed by atoms with van der Waals surface area (Å²) in [4.78, 5) is 12.2. The van der Waals surface area contributed by atoms with Gasteiger partial charge in [0.05, 0.1) is 7.11 Å². The SMILES string of the molecule is CCc1cccc(CC)c1NC(=O)COc1ccc(OC)c(F)c1. The van der Waals surface area contributed by atoms with E-state index in [4.69, 9.17) is 9.47 Å². The largest absolute Gasteiger partial charge is 0.494 e. The van der Waals surface area contributed by atoms with Gasteiger partial charge in [0, 0.05) is 11.8 Å². The van der Waals surface area contributed by atoms with Gasteiger partial charge in [0.2, 0.25) is 0 Å². The van der Waals surface area contributed by atoms with Crippen LogP contribution in [0.2, 0.25) is 0 Å². The first-order chi connectivity index (χ1) is 11.6. The van der Waals surface area contributed by atoms with Crippen LogP contribution in [0.3, 0.4) is 0 Å². The van der Waals surface area contributed by atoms with Gasteiger partial charge in [-0.3, -0.25) is 4.79 Å². The molecule has 2 aromatic carbocycles. The van der Waals surface area contributed by atoms with Crippen LogP contribution in [-0.4, -0.2) is 19.6 Å². The Morgan fingerprint density at radius 2 is 1.79 bits per heavy atom. The van der Waals surface area contributed by atoms with Crippen molar-refractivity contribution in [3.8, 4) is 11.5 Å². The van der Waals surface area contributed by atoms with Crippen LogP contribution in [0.15, 0.2) is 36.4 Å². The minimum atomic E-state index is -0.528. The van der Waals surface area contributed by atoms with Gasteiger partial charge in [-0.25, -0.2) is 4.39 Å². The predicted octanol–water partition coefficient (Wildman–Crippen LogP) is 3.98.